The number of carbonyl (C=O) groups is 1. The van der Waals surface area contributed by atoms with Gasteiger partial charge in [0.1, 0.15) is 5.75 Å². The number of carboxylic acids is 1. The number of nitrogens with one attached hydrogen (secondary N) is 1. The molecular weight excluding hydrogens is 426 g/mol. The van der Waals surface area contributed by atoms with E-state index in [1.165, 1.54) is 0 Å². The summed E-state index contributed by atoms with van der Waals surface area (Å²) in [4.78, 5) is 30.8. The molecule has 0 saturated heterocycles. The van der Waals surface area contributed by atoms with Crippen LogP contribution in [0.5, 0.6) is 17.4 Å². The molecule has 1 aliphatic rings. The Morgan fingerprint density at radius 2 is 2.06 bits per heavy atom. The zero-order valence-corrected chi connectivity index (χ0v) is 18.1. The maximum Gasteiger partial charge on any atom is 0.345 e. The van der Waals surface area contributed by atoms with Gasteiger partial charge in [-0.1, -0.05) is 27.2 Å². The highest BCUT2D eigenvalue weighted by Crippen LogP contribution is 2.47. The summed E-state index contributed by atoms with van der Waals surface area (Å²) < 4.78 is 36.4. The van der Waals surface area contributed by atoms with Crippen LogP contribution in [0, 0.1) is 5.92 Å². The third-order valence-corrected chi connectivity index (χ3v) is 5.43. The van der Waals surface area contributed by atoms with E-state index in [9.17, 15) is 28.6 Å². The second-order valence-electron chi connectivity index (χ2n) is 8.03. The number of aromatic amines is 1. The zero-order valence-electron chi connectivity index (χ0n) is 18.1. The van der Waals surface area contributed by atoms with Crippen LogP contribution in [0.25, 0.3) is 11.4 Å². The number of nitrogens with zero attached hydrogens (tertiary/aromatic N) is 1. The summed E-state index contributed by atoms with van der Waals surface area (Å²) in [6.07, 6.45) is -0.718. The maximum absolute atomic E-state index is 12.8. The average molecular weight is 452 g/mol. The van der Waals surface area contributed by atoms with Crippen LogP contribution < -0.4 is 15.0 Å². The van der Waals surface area contributed by atoms with Crippen molar-refractivity contribution in [3.05, 3.63) is 33.1 Å². The molecule has 0 fully saturated rings. The van der Waals surface area contributed by atoms with Gasteiger partial charge in [-0.25, -0.2) is 18.6 Å². The van der Waals surface area contributed by atoms with Crippen molar-refractivity contribution in [2.45, 2.75) is 52.4 Å². The number of rotatable bonds is 9. The molecule has 1 atom stereocenters. The van der Waals surface area contributed by atoms with E-state index in [4.69, 9.17) is 9.47 Å². The second kappa shape index (κ2) is 9.54. The van der Waals surface area contributed by atoms with Crippen molar-refractivity contribution < 1.29 is 33.3 Å². The van der Waals surface area contributed by atoms with E-state index in [1.807, 2.05) is 20.8 Å². The molecule has 3 rings (SSSR count). The molecule has 8 nitrogen and oxygen atoms in total. The van der Waals surface area contributed by atoms with E-state index in [-0.39, 0.29) is 40.4 Å². The van der Waals surface area contributed by atoms with E-state index in [2.05, 4.69) is 9.97 Å². The molecule has 0 spiro atoms. The Morgan fingerprint density at radius 1 is 1.34 bits per heavy atom. The lowest BCUT2D eigenvalue weighted by molar-refractivity contribution is 0.0691. The van der Waals surface area contributed by atoms with Gasteiger partial charge in [-0.2, -0.15) is 0 Å². The first-order valence-electron chi connectivity index (χ1n) is 10.5. The number of aromatic carboxylic acids is 1. The molecule has 2 heterocycles. The molecule has 32 heavy (non-hydrogen) atoms. The first-order chi connectivity index (χ1) is 15.1. The van der Waals surface area contributed by atoms with Crippen molar-refractivity contribution in [3.8, 4) is 28.8 Å². The first-order valence-corrected chi connectivity index (χ1v) is 10.5. The van der Waals surface area contributed by atoms with E-state index in [0.717, 1.165) is 12.8 Å². The van der Waals surface area contributed by atoms with Crippen LogP contribution in [0.3, 0.4) is 0 Å². The quantitative estimate of drug-likeness (QED) is 0.492. The van der Waals surface area contributed by atoms with Gasteiger partial charge in [0.15, 0.2) is 17.9 Å². The lowest BCUT2D eigenvalue weighted by Crippen LogP contribution is -2.26. The molecule has 0 aliphatic heterocycles. The Morgan fingerprint density at radius 3 is 2.66 bits per heavy atom. The van der Waals surface area contributed by atoms with Crippen LogP contribution >= 0.6 is 0 Å². The minimum absolute atomic E-state index is 0.0143. The van der Waals surface area contributed by atoms with E-state index in [1.54, 1.807) is 6.07 Å². The summed E-state index contributed by atoms with van der Waals surface area (Å²) in [7, 11) is 0. The molecular formula is C22H26F2N2O6. The minimum atomic E-state index is -2.73. The number of aromatic nitrogens is 2. The smallest absolute Gasteiger partial charge is 0.345 e. The molecule has 174 valence electrons. The molecule has 1 unspecified atom stereocenters. The van der Waals surface area contributed by atoms with Gasteiger partial charge in [0.2, 0.25) is 0 Å². The molecule has 10 heteroatoms. The summed E-state index contributed by atoms with van der Waals surface area (Å²) in [6.45, 7) is 5.28. The van der Waals surface area contributed by atoms with Crippen LogP contribution in [-0.4, -0.2) is 45.8 Å². The highest BCUT2D eigenvalue weighted by Gasteiger charge is 2.35. The number of ether oxygens (including phenoxy) is 2. The van der Waals surface area contributed by atoms with Crippen molar-refractivity contribution in [1.82, 2.24) is 9.97 Å². The molecule has 3 N–H and O–H groups in total. The van der Waals surface area contributed by atoms with Crippen LogP contribution in [0.1, 0.15) is 61.0 Å². The molecule has 2 aromatic heterocycles. The number of halogens is 2. The summed E-state index contributed by atoms with van der Waals surface area (Å²) >= 11 is 0. The standard InChI is InChI=1S/C22H26F2N2O6/c1-4-5-6-31-13-8-11-7-12(10(2)3)15-18(17(11)26-21(13)32-9-14(23)24)25-20(28)16(19(15)27)22(29)30/h8,10,12,14H,4-7,9H2,1-3H3,(H,29,30)(H2,25,27,28). The third-order valence-electron chi connectivity index (χ3n) is 5.43. The zero-order chi connectivity index (χ0) is 23.6. The SMILES string of the molecule is CCCCOc1cc2c(nc1OCC(F)F)-c1[nH]c(=O)c(C(=O)O)c(O)c1C(C(C)C)C2. The Bertz CT molecular complexity index is 1070. The Labute approximate surface area is 183 Å². The Balaban J connectivity index is 2.21. The van der Waals surface area contributed by atoms with Crippen LogP contribution in [0.4, 0.5) is 8.78 Å². The molecule has 0 aromatic carbocycles. The summed E-state index contributed by atoms with van der Waals surface area (Å²) in [6, 6.07) is 1.65. The lowest BCUT2D eigenvalue weighted by atomic mass is 9.76. The first kappa shape index (κ1) is 23.5. The lowest BCUT2D eigenvalue weighted by Gasteiger charge is -2.31. The fraction of sp³-hybridized carbons (Fsp3) is 0.500. The van der Waals surface area contributed by atoms with Gasteiger partial charge < -0.3 is 24.7 Å². The highest BCUT2D eigenvalue weighted by atomic mass is 19.3. The highest BCUT2D eigenvalue weighted by molar-refractivity contribution is 5.92. The second-order valence-corrected chi connectivity index (χ2v) is 8.03. The number of aromatic hydroxyl groups is 1. The van der Waals surface area contributed by atoms with Gasteiger partial charge in [-0.3, -0.25) is 4.79 Å². The van der Waals surface area contributed by atoms with E-state index >= 15 is 0 Å². The number of carboxylic acid groups (broad SMARTS) is 1. The van der Waals surface area contributed by atoms with Gasteiger partial charge >= 0.3 is 5.97 Å². The molecule has 0 saturated carbocycles. The number of alkyl halides is 2. The number of hydrogen-bond donors (Lipinski definition) is 3. The number of pyridine rings is 2. The maximum atomic E-state index is 12.8. The van der Waals surface area contributed by atoms with Crippen molar-refractivity contribution in [2.24, 2.45) is 5.92 Å². The molecule has 1 aliphatic carbocycles. The number of hydrogen-bond acceptors (Lipinski definition) is 6. The van der Waals surface area contributed by atoms with Gasteiger partial charge in [0.25, 0.3) is 17.9 Å². The fourth-order valence-corrected chi connectivity index (χ4v) is 3.82. The predicted octanol–water partition coefficient (Wildman–Crippen LogP) is 3.96. The number of unbranched alkanes of at least 4 members (excludes halogenated alkanes) is 1. The normalized spacial score (nSPS) is 14.9. The molecule has 0 radical (unpaired) electrons. The van der Waals surface area contributed by atoms with Crippen LogP contribution in [-0.2, 0) is 6.42 Å². The van der Waals surface area contributed by atoms with Crippen molar-refractivity contribution >= 4 is 5.97 Å². The van der Waals surface area contributed by atoms with Gasteiger partial charge in [-0.15, -0.1) is 0 Å². The largest absolute Gasteiger partial charge is 0.506 e. The average Bonchev–Trinajstić information content (AvgIpc) is 2.71. The summed E-state index contributed by atoms with van der Waals surface area (Å²) in [5.74, 6) is -2.42. The summed E-state index contributed by atoms with van der Waals surface area (Å²) in [5.41, 5.74) is -0.412. The molecule has 0 bridgehead atoms. The van der Waals surface area contributed by atoms with Crippen molar-refractivity contribution in [1.29, 1.82) is 0 Å². The molecule has 2 aromatic rings. The number of fused-ring (bicyclic) bond motifs is 3. The van der Waals surface area contributed by atoms with Crippen molar-refractivity contribution in [2.75, 3.05) is 13.2 Å². The van der Waals surface area contributed by atoms with E-state index in [0.29, 0.717) is 18.6 Å². The van der Waals surface area contributed by atoms with Gasteiger partial charge in [0, 0.05) is 5.56 Å². The monoisotopic (exact) mass is 452 g/mol. The van der Waals surface area contributed by atoms with Gasteiger partial charge in [0.05, 0.1) is 18.0 Å². The Kier molecular flexibility index (Phi) is 7.00. The van der Waals surface area contributed by atoms with Crippen LogP contribution in [0.2, 0.25) is 0 Å². The van der Waals surface area contributed by atoms with Crippen molar-refractivity contribution in [3.63, 3.8) is 0 Å². The number of H-pyrrole nitrogens is 1. The summed E-state index contributed by atoms with van der Waals surface area (Å²) in [5, 5.41) is 20.1. The van der Waals surface area contributed by atoms with E-state index < -0.39 is 35.9 Å². The topological polar surface area (TPSA) is 122 Å². The minimum Gasteiger partial charge on any atom is -0.506 e. The molecule has 0 amide bonds. The fourth-order valence-electron chi connectivity index (χ4n) is 3.82. The van der Waals surface area contributed by atoms with Crippen LogP contribution in [0.15, 0.2) is 10.9 Å². The van der Waals surface area contributed by atoms with Gasteiger partial charge in [-0.05, 0) is 36.3 Å². The predicted molar refractivity (Wildman–Crippen MR) is 112 cm³/mol. The third kappa shape index (κ3) is 4.53. The Hall–Kier alpha value is -3.17.